The highest BCUT2D eigenvalue weighted by atomic mass is 32.2. The van der Waals surface area contributed by atoms with Gasteiger partial charge in [-0.1, -0.05) is 6.07 Å². The van der Waals surface area contributed by atoms with Gasteiger partial charge in [0.2, 0.25) is 10.0 Å². The Morgan fingerprint density at radius 3 is 2.67 bits per heavy atom. The number of sulfonamides is 1. The average molecular weight is 271 g/mol. The minimum Gasteiger partial charge on any atom is -0.383 e. The highest BCUT2D eigenvalue weighted by molar-refractivity contribution is 7.89. The number of hydrogen-bond donors (Lipinski definition) is 1. The first-order valence-electron chi connectivity index (χ1n) is 5.21. The van der Waals surface area contributed by atoms with E-state index in [0.717, 1.165) is 4.31 Å². The number of hydrogen-bond acceptors (Lipinski definition) is 4. The Kier molecular flexibility index (Phi) is 4.64. The molecule has 1 rings (SSSR count). The van der Waals surface area contributed by atoms with Crippen molar-refractivity contribution in [3.05, 3.63) is 29.6 Å². The fourth-order valence-corrected chi connectivity index (χ4v) is 2.01. The summed E-state index contributed by atoms with van der Waals surface area (Å²) < 4.78 is 37.3. The summed E-state index contributed by atoms with van der Waals surface area (Å²) in [5, 5.41) is 11.5. The van der Waals surface area contributed by atoms with Crippen molar-refractivity contribution in [2.24, 2.45) is 0 Å². The highest BCUT2D eigenvalue weighted by Gasteiger charge is 2.13. The molecular formula is C11H14FN3O2S. The van der Waals surface area contributed by atoms with Crippen molar-refractivity contribution >= 4 is 15.7 Å². The van der Waals surface area contributed by atoms with E-state index in [4.69, 9.17) is 5.26 Å². The van der Waals surface area contributed by atoms with E-state index in [2.05, 4.69) is 5.32 Å². The monoisotopic (exact) mass is 271 g/mol. The van der Waals surface area contributed by atoms with Crippen LogP contribution in [-0.4, -0.2) is 39.1 Å². The van der Waals surface area contributed by atoms with Gasteiger partial charge >= 0.3 is 0 Å². The Balaban J connectivity index is 2.72. The summed E-state index contributed by atoms with van der Waals surface area (Å²) in [5.41, 5.74) is 0.186. The van der Waals surface area contributed by atoms with Crippen LogP contribution in [-0.2, 0) is 10.0 Å². The van der Waals surface area contributed by atoms with Crippen LogP contribution in [0.1, 0.15) is 5.56 Å². The molecule has 0 fully saturated rings. The van der Waals surface area contributed by atoms with Gasteiger partial charge in [0.25, 0.3) is 0 Å². The van der Waals surface area contributed by atoms with Crippen molar-refractivity contribution in [3.8, 4) is 6.07 Å². The summed E-state index contributed by atoms with van der Waals surface area (Å²) in [4.78, 5) is 0. The van der Waals surface area contributed by atoms with E-state index < -0.39 is 15.8 Å². The van der Waals surface area contributed by atoms with Crippen molar-refractivity contribution in [1.29, 1.82) is 5.26 Å². The number of rotatable bonds is 5. The van der Waals surface area contributed by atoms with Crippen LogP contribution in [0.3, 0.4) is 0 Å². The van der Waals surface area contributed by atoms with Gasteiger partial charge in [-0.25, -0.2) is 17.1 Å². The lowest BCUT2D eigenvalue weighted by Gasteiger charge is -2.12. The molecule has 0 heterocycles. The molecule has 1 N–H and O–H groups in total. The summed E-state index contributed by atoms with van der Waals surface area (Å²) in [7, 11) is -0.418. The molecule has 0 aliphatic heterocycles. The fourth-order valence-electron chi connectivity index (χ4n) is 1.28. The Labute approximate surface area is 106 Å². The second-order valence-corrected chi connectivity index (χ2v) is 6.10. The Bertz CT molecular complexity index is 564. The molecule has 18 heavy (non-hydrogen) atoms. The van der Waals surface area contributed by atoms with Crippen LogP contribution in [0.2, 0.25) is 0 Å². The van der Waals surface area contributed by atoms with E-state index in [1.807, 2.05) is 0 Å². The molecule has 5 nitrogen and oxygen atoms in total. The van der Waals surface area contributed by atoms with Crippen LogP contribution < -0.4 is 5.32 Å². The number of nitriles is 1. The number of benzene rings is 1. The van der Waals surface area contributed by atoms with Gasteiger partial charge in [-0.05, 0) is 12.1 Å². The van der Waals surface area contributed by atoms with Crippen LogP contribution in [0.25, 0.3) is 0 Å². The van der Waals surface area contributed by atoms with Crippen molar-refractivity contribution in [2.45, 2.75) is 0 Å². The fraction of sp³-hybridized carbons (Fsp3) is 0.364. The molecule has 0 unspecified atom stereocenters. The van der Waals surface area contributed by atoms with Crippen LogP contribution in [0, 0.1) is 17.1 Å². The van der Waals surface area contributed by atoms with Gasteiger partial charge in [0, 0.05) is 20.6 Å². The summed E-state index contributed by atoms with van der Waals surface area (Å²) in [6.45, 7) is 0.110. The van der Waals surface area contributed by atoms with Crippen molar-refractivity contribution in [1.82, 2.24) is 4.31 Å². The van der Waals surface area contributed by atoms with Gasteiger partial charge in [-0.2, -0.15) is 5.26 Å². The number of halogens is 1. The lowest BCUT2D eigenvalue weighted by atomic mass is 10.2. The molecule has 0 radical (unpaired) electrons. The minimum absolute atomic E-state index is 0.110. The molecule has 0 saturated carbocycles. The third-order valence-electron chi connectivity index (χ3n) is 2.36. The first kappa shape index (κ1) is 14.4. The second-order valence-electron chi connectivity index (χ2n) is 3.80. The molecule has 1 aromatic carbocycles. The molecule has 0 amide bonds. The van der Waals surface area contributed by atoms with E-state index in [0.29, 0.717) is 5.69 Å². The highest BCUT2D eigenvalue weighted by Crippen LogP contribution is 2.17. The lowest BCUT2D eigenvalue weighted by molar-refractivity contribution is 0.521. The van der Waals surface area contributed by atoms with Crippen LogP contribution in [0.15, 0.2) is 18.2 Å². The Morgan fingerprint density at radius 1 is 1.44 bits per heavy atom. The molecule has 0 bridgehead atoms. The predicted octanol–water partition coefficient (Wildman–Crippen LogP) is 1.00. The number of nitrogens with zero attached hydrogens (tertiary/aromatic N) is 2. The molecule has 0 aliphatic rings. The van der Waals surface area contributed by atoms with Crippen LogP contribution >= 0.6 is 0 Å². The van der Waals surface area contributed by atoms with Gasteiger partial charge in [-0.15, -0.1) is 0 Å². The quantitative estimate of drug-likeness (QED) is 0.867. The predicted molar refractivity (Wildman–Crippen MR) is 67.1 cm³/mol. The summed E-state index contributed by atoms with van der Waals surface area (Å²) in [5.74, 6) is -0.751. The largest absolute Gasteiger partial charge is 0.383 e. The molecule has 0 aromatic heterocycles. The average Bonchev–Trinajstić information content (AvgIpc) is 2.29. The SMILES string of the molecule is CN(C)S(=O)(=O)CCNc1cccc(F)c1C#N. The summed E-state index contributed by atoms with van der Waals surface area (Å²) in [6.07, 6.45) is 0. The van der Waals surface area contributed by atoms with E-state index in [-0.39, 0.29) is 17.9 Å². The maximum Gasteiger partial charge on any atom is 0.215 e. The topological polar surface area (TPSA) is 73.2 Å². The Morgan fingerprint density at radius 2 is 2.11 bits per heavy atom. The molecule has 1 aromatic rings. The Hall–Kier alpha value is -1.65. The lowest BCUT2D eigenvalue weighted by Crippen LogP contribution is -2.28. The first-order chi connectivity index (χ1) is 8.38. The maximum absolute atomic E-state index is 13.3. The molecule has 0 spiro atoms. The zero-order chi connectivity index (χ0) is 13.8. The van der Waals surface area contributed by atoms with Crippen LogP contribution in [0.5, 0.6) is 0 Å². The van der Waals surface area contributed by atoms with Gasteiger partial charge < -0.3 is 5.32 Å². The van der Waals surface area contributed by atoms with Gasteiger partial charge in [-0.3, -0.25) is 0 Å². The van der Waals surface area contributed by atoms with Gasteiger partial charge in [0.05, 0.1) is 11.4 Å². The molecule has 0 atom stereocenters. The summed E-state index contributed by atoms with van der Waals surface area (Å²) in [6, 6.07) is 5.91. The van der Waals surface area contributed by atoms with E-state index in [1.54, 1.807) is 6.07 Å². The smallest absolute Gasteiger partial charge is 0.215 e. The standard InChI is InChI=1S/C11H14FN3O2S/c1-15(2)18(16,17)7-6-14-11-5-3-4-10(12)9(11)8-13/h3-5,14H,6-7H2,1-2H3. The first-order valence-corrected chi connectivity index (χ1v) is 6.82. The van der Waals surface area contributed by atoms with E-state index in [1.165, 1.54) is 32.3 Å². The molecule has 98 valence electrons. The van der Waals surface area contributed by atoms with Gasteiger partial charge in [0.1, 0.15) is 17.4 Å². The van der Waals surface area contributed by atoms with Crippen LogP contribution in [0.4, 0.5) is 10.1 Å². The number of nitrogens with one attached hydrogen (secondary N) is 1. The number of anilines is 1. The second kappa shape index (κ2) is 5.80. The van der Waals surface area contributed by atoms with Gasteiger partial charge in [0.15, 0.2) is 0 Å². The molecule has 7 heteroatoms. The third kappa shape index (κ3) is 3.42. The zero-order valence-electron chi connectivity index (χ0n) is 10.1. The van der Waals surface area contributed by atoms with Crippen molar-refractivity contribution < 1.29 is 12.8 Å². The third-order valence-corrected chi connectivity index (χ3v) is 4.19. The minimum atomic E-state index is -3.30. The van der Waals surface area contributed by atoms with E-state index in [9.17, 15) is 12.8 Å². The molecule has 0 aliphatic carbocycles. The molecular weight excluding hydrogens is 257 g/mol. The zero-order valence-corrected chi connectivity index (χ0v) is 11.0. The molecule has 0 saturated heterocycles. The maximum atomic E-state index is 13.3. The summed E-state index contributed by atoms with van der Waals surface area (Å²) >= 11 is 0. The van der Waals surface area contributed by atoms with E-state index >= 15 is 0 Å². The van der Waals surface area contributed by atoms with Crippen molar-refractivity contribution in [3.63, 3.8) is 0 Å². The van der Waals surface area contributed by atoms with Crippen molar-refractivity contribution in [2.75, 3.05) is 31.7 Å². The normalized spacial score (nSPS) is 11.3.